The molecule has 1 aliphatic rings. The summed E-state index contributed by atoms with van der Waals surface area (Å²) in [6, 6.07) is 14.4. The molecule has 0 saturated carbocycles. The van der Waals surface area contributed by atoms with Crippen LogP contribution in [0.15, 0.2) is 48.5 Å². The van der Waals surface area contributed by atoms with Gasteiger partial charge >= 0.3 is 0 Å². The molecule has 0 aromatic heterocycles. The molecule has 7 heteroatoms. The molecule has 2 aromatic rings. The number of Topliss-reactive ketones (excluding diaryl/α,β-unsaturated/α-hetero) is 2. The number of carbonyl (C=O) groups excluding carboxylic acids is 2. The topological polar surface area (TPSA) is 128 Å². The molecule has 7 nitrogen and oxygen atoms in total. The Bertz CT molecular complexity index is 1010. The molecule has 1 fully saturated rings. The number of aliphatic hydroxyl groups is 3. The second-order valence-corrected chi connectivity index (χ2v) is 7.30. The van der Waals surface area contributed by atoms with E-state index in [0.717, 1.165) is 0 Å². The average molecular weight is 395 g/mol. The number of carbonyl (C=O) groups is 2. The van der Waals surface area contributed by atoms with Crippen LogP contribution in [0.2, 0.25) is 0 Å². The quantitative estimate of drug-likeness (QED) is 0.516. The van der Waals surface area contributed by atoms with Crippen LogP contribution < -0.4 is 0 Å². The highest BCUT2D eigenvalue weighted by Crippen LogP contribution is 2.41. The second-order valence-electron chi connectivity index (χ2n) is 7.30. The van der Waals surface area contributed by atoms with E-state index >= 15 is 0 Å². The normalized spacial score (nSPS) is 27.2. The van der Waals surface area contributed by atoms with Crippen molar-refractivity contribution in [2.75, 3.05) is 0 Å². The summed E-state index contributed by atoms with van der Waals surface area (Å²) in [7, 11) is 0. The van der Waals surface area contributed by atoms with Crippen LogP contribution >= 0.6 is 0 Å². The van der Waals surface area contributed by atoms with E-state index in [1.165, 1.54) is 18.2 Å². The van der Waals surface area contributed by atoms with Gasteiger partial charge in [0.15, 0.2) is 17.2 Å². The summed E-state index contributed by atoms with van der Waals surface area (Å²) in [5, 5.41) is 41.5. The van der Waals surface area contributed by atoms with Gasteiger partial charge in [-0.05, 0) is 25.0 Å². The van der Waals surface area contributed by atoms with Crippen molar-refractivity contribution in [1.29, 1.82) is 5.26 Å². The van der Waals surface area contributed by atoms with Gasteiger partial charge in [0.1, 0.15) is 18.3 Å². The van der Waals surface area contributed by atoms with Gasteiger partial charge in [-0.3, -0.25) is 9.59 Å². The monoisotopic (exact) mass is 395 g/mol. The summed E-state index contributed by atoms with van der Waals surface area (Å²) in [4.78, 5) is 26.0. The van der Waals surface area contributed by atoms with Gasteiger partial charge in [0, 0.05) is 11.1 Å². The van der Waals surface area contributed by atoms with E-state index in [2.05, 4.69) is 0 Å². The smallest absolute Gasteiger partial charge is 0.260 e. The van der Waals surface area contributed by atoms with Gasteiger partial charge in [-0.2, -0.15) is 5.26 Å². The van der Waals surface area contributed by atoms with E-state index in [1.807, 2.05) is 0 Å². The number of nitriles is 1. The Kier molecular flexibility index (Phi) is 5.39. The van der Waals surface area contributed by atoms with E-state index in [-0.39, 0.29) is 11.1 Å². The van der Waals surface area contributed by atoms with Crippen LogP contribution in [0.25, 0.3) is 0 Å². The number of benzene rings is 2. The first-order chi connectivity index (χ1) is 13.6. The van der Waals surface area contributed by atoms with Gasteiger partial charge in [-0.25, -0.2) is 0 Å². The number of nitrogens with zero attached hydrogens (tertiary/aromatic N) is 1. The standard InChI is InChI=1S/C22H21NO6/c1-13-7-3-5-9-15(13)17(24)18(25)20-22(28,11-21(27,12-23)29-20)19(26)16-10-6-4-8-14(16)2/h3-10,18,20,25,27-28H,11H2,1-2H3/t18?,20-,21?,22-/m1/s1. The SMILES string of the molecule is Cc1ccccc1C(=O)C(O)[C@H]1OC(O)(C#N)C[C@@]1(O)C(=O)c1ccccc1C. The maximum absolute atomic E-state index is 13.2. The lowest BCUT2D eigenvalue weighted by molar-refractivity contribution is -0.170. The van der Waals surface area contributed by atoms with Gasteiger partial charge in [0.25, 0.3) is 5.79 Å². The zero-order chi connectivity index (χ0) is 21.4. The zero-order valence-electron chi connectivity index (χ0n) is 16.0. The predicted octanol–water partition coefficient (Wildman–Crippen LogP) is 1.46. The lowest BCUT2D eigenvalue weighted by Crippen LogP contribution is -2.54. The zero-order valence-corrected chi connectivity index (χ0v) is 16.0. The minimum atomic E-state index is -2.52. The van der Waals surface area contributed by atoms with Crippen LogP contribution in [0.5, 0.6) is 0 Å². The first-order valence-corrected chi connectivity index (χ1v) is 9.05. The van der Waals surface area contributed by atoms with E-state index in [4.69, 9.17) is 4.74 Å². The summed E-state index contributed by atoms with van der Waals surface area (Å²) in [6.45, 7) is 3.33. The highest BCUT2D eigenvalue weighted by molar-refractivity contribution is 6.06. The van der Waals surface area contributed by atoms with Crippen LogP contribution in [0, 0.1) is 25.2 Å². The molecule has 0 spiro atoms. The van der Waals surface area contributed by atoms with Gasteiger partial charge in [0.05, 0.1) is 6.42 Å². The van der Waals surface area contributed by atoms with E-state index in [0.29, 0.717) is 11.1 Å². The molecule has 1 heterocycles. The molecule has 29 heavy (non-hydrogen) atoms. The fraction of sp³-hybridized carbons (Fsp3) is 0.318. The minimum absolute atomic E-state index is 0.140. The summed E-state index contributed by atoms with van der Waals surface area (Å²) >= 11 is 0. The molecule has 1 saturated heterocycles. The third kappa shape index (κ3) is 3.59. The molecule has 0 aliphatic carbocycles. The molecular formula is C22H21NO6. The van der Waals surface area contributed by atoms with Gasteiger partial charge < -0.3 is 20.1 Å². The molecule has 0 radical (unpaired) electrons. The fourth-order valence-corrected chi connectivity index (χ4v) is 3.62. The van der Waals surface area contributed by atoms with Crippen molar-refractivity contribution in [2.45, 2.75) is 43.9 Å². The van der Waals surface area contributed by atoms with Crippen molar-refractivity contribution >= 4 is 11.6 Å². The van der Waals surface area contributed by atoms with Crippen molar-refractivity contribution < 1.29 is 29.6 Å². The molecule has 3 N–H and O–H groups in total. The molecule has 150 valence electrons. The molecule has 2 unspecified atom stereocenters. The van der Waals surface area contributed by atoms with Gasteiger partial charge in [0.2, 0.25) is 0 Å². The average Bonchev–Trinajstić information content (AvgIpc) is 2.99. The van der Waals surface area contributed by atoms with Crippen LogP contribution in [0.4, 0.5) is 0 Å². The Morgan fingerprint density at radius 3 is 2.10 bits per heavy atom. The van der Waals surface area contributed by atoms with Crippen molar-refractivity contribution in [2.24, 2.45) is 0 Å². The first-order valence-electron chi connectivity index (χ1n) is 9.05. The molecule has 0 amide bonds. The van der Waals surface area contributed by atoms with Crippen LogP contribution in [0.1, 0.15) is 38.3 Å². The van der Waals surface area contributed by atoms with Crippen molar-refractivity contribution in [1.82, 2.24) is 0 Å². The molecule has 2 aromatic carbocycles. The highest BCUT2D eigenvalue weighted by Gasteiger charge is 2.62. The van der Waals surface area contributed by atoms with E-state index < -0.39 is 41.6 Å². The number of rotatable bonds is 5. The number of hydrogen-bond donors (Lipinski definition) is 3. The molecular weight excluding hydrogens is 374 g/mol. The number of ketones is 2. The summed E-state index contributed by atoms with van der Waals surface area (Å²) in [5.74, 6) is -4.15. The van der Waals surface area contributed by atoms with Gasteiger partial charge in [-0.15, -0.1) is 0 Å². The highest BCUT2D eigenvalue weighted by atomic mass is 16.7. The molecule has 3 rings (SSSR count). The maximum atomic E-state index is 13.2. The van der Waals surface area contributed by atoms with E-state index in [9.17, 15) is 30.2 Å². The summed E-state index contributed by atoms with van der Waals surface area (Å²) < 4.78 is 5.19. The van der Waals surface area contributed by atoms with E-state index in [1.54, 1.807) is 50.2 Å². The predicted molar refractivity (Wildman–Crippen MR) is 102 cm³/mol. The van der Waals surface area contributed by atoms with Crippen molar-refractivity contribution in [3.05, 3.63) is 70.8 Å². The third-order valence-electron chi connectivity index (χ3n) is 5.23. The van der Waals surface area contributed by atoms with Crippen LogP contribution in [0.3, 0.4) is 0 Å². The van der Waals surface area contributed by atoms with Crippen LogP contribution in [-0.4, -0.2) is 50.5 Å². The summed E-state index contributed by atoms with van der Waals surface area (Å²) in [6.07, 6.45) is -4.60. The van der Waals surface area contributed by atoms with Crippen molar-refractivity contribution in [3.8, 4) is 6.07 Å². The Balaban J connectivity index is 2.04. The molecule has 1 aliphatic heterocycles. The number of ether oxygens (including phenoxy) is 1. The lowest BCUT2D eigenvalue weighted by atomic mass is 9.80. The summed E-state index contributed by atoms with van der Waals surface area (Å²) in [5.41, 5.74) is -1.02. The maximum Gasteiger partial charge on any atom is 0.260 e. The largest absolute Gasteiger partial charge is 0.382 e. The van der Waals surface area contributed by atoms with Gasteiger partial charge in [-0.1, -0.05) is 48.5 Å². The fourth-order valence-electron chi connectivity index (χ4n) is 3.62. The lowest BCUT2D eigenvalue weighted by Gasteiger charge is -2.30. The number of hydrogen-bond acceptors (Lipinski definition) is 7. The first kappa shape index (κ1) is 20.8. The Morgan fingerprint density at radius 1 is 1.07 bits per heavy atom. The Labute approximate surface area is 167 Å². The molecule has 0 bridgehead atoms. The number of aliphatic hydroxyl groups excluding tert-OH is 1. The Morgan fingerprint density at radius 2 is 1.59 bits per heavy atom. The molecule has 4 atom stereocenters. The third-order valence-corrected chi connectivity index (χ3v) is 5.23. The van der Waals surface area contributed by atoms with Crippen molar-refractivity contribution in [3.63, 3.8) is 0 Å². The number of aryl methyl sites for hydroxylation is 2. The minimum Gasteiger partial charge on any atom is -0.382 e. The second kappa shape index (κ2) is 7.50. The Hall–Kier alpha value is -2.89. The van der Waals surface area contributed by atoms with Crippen LogP contribution in [-0.2, 0) is 4.74 Å².